The molecule has 0 aromatic heterocycles. The van der Waals surface area contributed by atoms with Crippen LogP contribution in [0.15, 0.2) is 24.3 Å². The van der Waals surface area contributed by atoms with Crippen LogP contribution in [-0.4, -0.2) is 44.1 Å². The minimum absolute atomic E-state index is 0.0334. The molecule has 2 rings (SSSR count). The quantitative estimate of drug-likeness (QED) is 0.624. The summed E-state index contributed by atoms with van der Waals surface area (Å²) in [6.07, 6.45) is 1.37. The van der Waals surface area contributed by atoms with E-state index in [1.54, 1.807) is 0 Å². The number of esters is 1. The van der Waals surface area contributed by atoms with Crippen molar-refractivity contribution in [2.24, 2.45) is 5.92 Å². The lowest BCUT2D eigenvalue weighted by atomic mass is 9.94. The number of urea groups is 1. The molecule has 1 aromatic rings. The molecule has 0 bridgehead atoms. The first-order valence-electron chi connectivity index (χ1n) is 8.97. The lowest BCUT2D eigenvalue weighted by molar-refractivity contribution is -0.924. The fraction of sp³-hybridized carbons (Fsp3) is 0.526. The molecule has 2 atom stereocenters. The minimum atomic E-state index is -0.498. The monoisotopic (exact) mass is 362 g/mol. The number of nitrogens with one attached hydrogen (secondary N) is 3. The Morgan fingerprint density at radius 1 is 1.23 bits per heavy atom. The van der Waals surface area contributed by atoms with E-state index in [-0.39, 0.29) is 12.5 Å². The number of imide groups is 1. The van der Waals surface area contributed by atoms with Gasteiger partial charge in [-0.2, -0.15) is 0 Å². The topological polar surface area (TPSA) is 88.9 Å². The lowest BCUT2D eigenvalue weighted by Gasteiger charge is -2.31. The molecule has 142 valence electrons. The van der Waals surface area contributed by atoms with Gasteiger partial charge in [-0.25, -0.2) is 9.59 Å². The van der Waals surface area contributed by atoms with Crippen molar-refractivity contribution >= 4 is 17.9 Å². The lowest BCUT2D eigenvalue weighted by Crippen LogP contribution is -3.17. The molecule has 0 aliphatic carbocycles. The number of ether oxygens (including phenoxy) is 1. The maximum Gasteiger partial charge on any atom is 0.365 e. The van der Waals surface area contributed by atoms with Gasteiger partial charge in [0, 0.05) is 18.5 Å². The Balaban J connectivity index is 1.95. The first kappa shape index (κ1) is 19.9. The van der Waals surface area contributed by atoms with Crippen molar-refractivity contribution in [3.63, 3.8) is 0 Å². The largest absolute Gasteiger partial charge is 0.465 e. The van der Waals surface area contributed by atoms with Gasteiger partial charge in [-0.15, -0.1) is 0 Å². The zero-order chi connectivity index (χ0) is 19.1. The number of rotatable bonds is 6. The van der Waals surface area contributed by atoms with Gasteiger partial charge in [0.15, 0.2) is 12.6 Å². The first-order chi connectivity index (χ1) is 12.4. The number of hydrogen-bond donors (Lipinski definition) is 3. The zero-order valence-electron chi connectivity index (χ0n) is 15.6. The van der Waals surface area contributed by atoms with E-state index in [0.717, 1.165) is 22.4 Å². The minimum Gasteiger partial charge on any atom is -0.465 e. The number of fused-ring (bicyclic) bond motifs is 1. The third-order valence-electron chi connectivity index (χ3n) is 4.59. The van der Waals surface area contributed by atoms with Crippen LogP contribution in [0.4, 0.5) is 4.79 Å². The molecule has 0 saturated carbocycles. The maximum atomic E-state index is 12.2. The third kappa shape index (κ3) is 5.56. The number of methoxy groups -OCH3 is 1. The summed E-state index contributed by atoms with van der Waals surface area (Å²) in [6, 6.07) is 6.92. The molecule has 1 aliphatic heterocycles. The SMILES string of the molecule is COC(=O)[C@@H]1Cc2ccccc2C[NH+]1CC(=O)NC(=O)NCCC(C)C. The molecule has 0 radical (unpaired) electrons. The average Bonchev–Trinajstić information content (AvgIpc) is 2.60. The molecule has 0 saturated heterocycles. The summed E-state index contributed by atoms with van der Waals surface area (Å²) in [6.45, 7) is 5.22. The number of quaternary nitrogens is 1. The van der Waals surface area contributed by atoms with Crippen LogP contribution in [0.25, 0.3) is 0 Å². The summed E-state index contributed by atoms with van der Waals surface area (Å²) in [4.78, 5) is 37.0. The van der Waals surface area contributed by atoms with Crippen LogP contribution >= 0.6 is 0 Å². The van der Waals surface area contributed by atoms with Gasteiger partial charge in [0.2, 0.25) is 0 Å². The summed E-state index contributed by atoms with van der Waals surface area (Å²) in [5.74, 6) is -0.274. The van der Waals surface area contributed by atoms with Crippen molar-refractivity contribution in [1.82, 2.24) is 10.6 Å². The summed E-state index contributed by atoms with van der Waals surface area (Å²) in [5, 5.41) is 5.01. The molecular formula is C19H28N3O4+. The predicted molar refractivity (Wildman–Crippen MR) is 96.5 cm³/mol. The second-order valence-corrected chi connectivity index (χ2v) is 7.05. The molecular weight excluding hydrogens is 334 g/mol. The van der Waals surface area contributed by atoms with E-state index < -0.39 is 18.0 Å². The number of benzene rings is 1. The number of amides is 3. The van der Waals surface area contributed by atoms with E-state index in [1.165, 1.54) is 7.11 Å². The molecule has 0 fully saturated rings. The van der Waals surface area contributed by atoms with Crippen LogP contribution in [0.3, 0.4) is 0 Å². The van der Waals surface area contributed by atoms with E-state index in [4.69, 9.17) is 4.74 Å². The standard InChI is InChI=1S/C19H27N3O4/c1-13(2)8-9-20-19(25)21-17(23)12-22-11-15-7-5-4-6-14(15)10-16(22)18(24)26-3/h4-7,13,16H,8-12H2,1-3H3,(H2,20,21,23,25)/p+1/t16-/m0/s1. The Hall–Kier alpha value is -2.41. The van der Waals surface area contributed by atoms with Gasteiger partial charge >= 0.3 is 12.0 Å². The highest BCUT2D eigenvalue weighted by atomic mass is 16.5. The van der Waals surface area contributed by atoms with E-state index in [0.29, 0.717) is 25.4 Å². The summed E-state index contributed by atoms with van der Waals surface area (Å²) in [5.41, 5.74) is 2.20. The first-order valence-corrected chi connectivity index (χ1v) is 8.97. The molecule has 26 heavy (non-hydrogen) atoms. The summed E-state index contributed by atoms with van der Waals surface area (Å²) < 4.78 is 4.90. The van der Waals surface area contributed by atoms with Crippen LogP contribution in [0.2, 0.25) is 0 Å². The molecule has 1 aromatic carbocycles. The highest BCUT2D eigenvalue weighted by Gasteiger charge is 2.37. The van der Waals surface area contributed by atoms with Crippen LogP contribution < -0.4 is 15.5 Å². The molecule has 1 aliphatic rings. The Bertz CT molecular complexity index is 660. The number of carbonyl (C=O) groups excluding carboxylic acids is 3. The van der Waals surface area contributed by atoms with Crippen molar-refractivity contribution in [3.05, 3.63) is 35.4 Å². The van der Waals surface area contributed by atoms with Crippen molar-refractivity contribution in [3.8, 4) is 0 Å². The van der Waals surface area contributed by atoms with Crippen LogP contribution in [0.1, 0.15) is 31.4 Å². The summed E-state index contributed by atoms with van der Waals surface area (Å²) in [7, 11) is 1.35. The molecule has 0 spiro atoms. The molecule has 1 unspecified atom stereocenters. The third-order valence-corrected chi connectivity index (χ3v) is 4.59. The van der Waals surface area contributed by atoms with E-state index >= 15 is 0 Å². The van der Waals surface area contributed by atoms with Gasteiger partial charge in [-0.05, 0) is 17.9 Å². The van der Waals surface area contributed by atoms with E-state index in [1.807, 2.05) is 24.3 Å². The molecule has 7 heteroatoms. The normalized spacial score (nSPS) is 18.8. The number of carbonyl (C=O) groups is 3. The molecule has 3 amide bonds. The van der Waals surface area contributed by atoms with Crippen LogP contribution in [-0.2, 0) is 27.3 Å². The summed E-state index contributed by atoms with van der Waals surface area (Å²) >= 11 is 0. The van der Waals surface area contributed by atoms with Crippen LogP contribution in [0, 0.1) is 5.92 Å². The average molecular weight is 362 g/mol. The van der Waals surface area contributed by atoms with Crippen molar-refractivity contribution in [2.75, 3.05) is 20.2 Å². The van der Waals surface area contributed by atoms with Gasteiger partial charge < -0.3 is 15.0 Å². The second-order valence-electron chi connectivity index (χ2n) is 7.05. The Kier molecular flexibility index (Phi) is 7.15. The van der Waals surface area contributed by atoms with Crippen molar-refractivity contribution in [2.45, 2.75) is 39.3 Å². The Labute approximate surface area is 154 Å². The zero-order valence-corrected chi connectivity index (χ0v) is 15.6. The molecule has 1 heterocycles. The predicted octanol–water partition coefficient (Wildman–Crippen LogP) is 0.0411. The number of hydrogen-bond acceptors (Lipinski definition) is 4. The highest BCUT2D eigenvalue weighted by Crippen LogP contribution is 2.14. The molecule has 7 nitrogen and oxygen atoms in total. The highest BCUT2D eigenvalue weighted by molar-refractivity contribution is 5.94. The fourth-order valence-corrected chi connectivity index (χ4v) is 3.13. The van der Waals surface area contributed by atoms with Crippen molar-refractivity contribution < 1.29 is 24.0 Å². The van der Waals surface area contributed by atoms with Crippen molar-refractivity contribution in [1.29, 1.82) is 0 Å². The fourth-order valence-electron chi connectivity index (χ4n) is 3.13. The van der Waals surface area contributed by atoms with Gasteiger partial charge in [0.1, 0.15) is 6.54 Å². The Morgan fingerprint density at radius 3 is 2.58 bits per heavy atom. The van der Waals surface area contributed by atoms with Gasteiger partial charge in [-0.3, -0.25) is 10.1 Å². The van der Waals surface area contributed by atoms with Gasteiger partial charge in [0.25, 0.3) is 5.91 Å². The van der Waals surface area contributed by atoms with Gasteiger partial charge in [0.05, 0.1) is 7.11 Å². The Morgan fingerprint density at radius 2 is 1.92 bits per heavy atom. The second kappa shape index (κ2) is 9.33. The maximum absolute atomic E-state index is 12.2. The van der Waals surface area contributed by atoms with E-state index in [9.17, 15) is 14.4 Å². The van der Waals surface area contributed by atoms with Crippen LogP contribution in [0.5, 0.6) is 0 Å². The molecule has 3 N–H and O–H groups in total. The smallest absolute Gasteiger partial charge is 0.365 e. The van der Waals surface area contributed by atoms with E-state index in [2.05, 4.69) is 24.5 Å². The van der Waals surface area contributed by atoms with Gasteiger partial charge in [-0.1, -0.05) is 38.1 Å².